The van der Waals surface area contributed by atoms with Gasteiger partial charge in [-0.05, 0) is 5.56 Å². The first-order valence-electron chi connectivity index (χ1n) is 5.08. The molecule has 1 aromatic carbocycles. The molecule has 82 valence electrons. The lowest BCUT2D eigenvalue weighted by Crippen LogP contribution is -1.84. The van der Waals surface area contributed by atoms with Crippen LogP contribution < -0.4 is 0 Å². The SMILES string of the molecule is N#Cc1cncc(C=Cc2ccccc2)c1Cl. The van der Waals surface area contributed by atoms with Gasteiger partial charge in [-0.2, -0.15) is 5.26 Å². The smallest absolute Gasteiger partial charge is 0.102 e. The number of pyridine rings is 1. The number of aromatic nitrogens is 1. The summed E-state index contributed by atoms with van der Waals surface area (Å²) in [6.45, 7) is 0. The number of nitrogens with zero attached hydrogens (tertiary/aromatic N) is 2. The second kappa shape index (κ2) is 5.29. The van der Waals surface area contributed by atoms with Crippen LogP contribution in [0.4, 0.5) is 0 Å². The molecule has 0 saturated carbocycles. The number of benzene rings is 1. The first-order chi connectivity index (χ1) is 8.31. The Hall–Kier alpha value is -2.11. The largest absolute Gasteiger partial charge is 0.263 e. The number of rotatable bonds is 2. The Labute approximate surface area is 105 Å². The van der Waals surface area contributed by atoms with Gasteiger partial charge in [-0.15, -0.1) is 0 Å². The molecule has 1 aromatic heterocycles. The van der Waals surface area contributed by atoms with Crippen molar-refractivity contribution in [2.24, 2.45) is 0 Å². The highest BCUT2D eigenvalue weighted by Crippen LogP contribution is 2.21. The van der Waals surface area contributed by atoms with Gasteiger partial charge in [-0.3, -0.25) is 4.98 Å². The van der Waals surface area contributed by atoms with Crippen LogP contribution in [0.1, 0.15) is 16.7 Å². The first-order valence-corrected chi connectivity index (χ1v) is 5.46. The molecule has 0 fully saturated rings. The fourth-order valence-corrected chi connectivity index (χ4v) is 1.61. The molecule has 0 bridgehead atoms. The van der Waals surface area contributed by atoms with E-state index in [2.05, 4.69) is 4.98 Å². The van der Waals surface area contributed by atoms with E-state index < -0.39 is 0 Å². The van der Waals surface area contributed by atoms with Gasteiger partial charge in [0.05, 0.1) is 10.6 Å². The van der Waals surface area contributed by atoms with Crippen LogP contribution in [0.3, 0.4) is 0 Å². The second-order valence-corrected chi connectivity index (χ2v) is 3.82. The number of halogens is 1. The van der Waals surface area contributed by atoms with E-state index in [-0.39, 0.29) is 0 Å². The lowest BCUT2D eigenvalue weighted by molar-refractivity contribution is 1.29. The van der Waals surface area contributed by atoms with E-state index in [1.807, 2.05) is 48.6 Å². The molecule has 0 saturated heterocycles. The average Bonchev–Trinajstić information content (AvgIpc) is 2.39. The summed E-state index contributed by atoms with van der Waals surface area (Å²) in [7, 11) is 0. The van der Waals surface area contributed by atoms with E-state index in [1.165, 1.54) is 6.20 Å². The fourth-order valence-electron chi connectivity index (χ4n) is 1.41. The van der Waals surface area contributed by atoms with Gasteiger partial charge >= 0.3 is 0 Å². The van der Waals surface area contributed by atoms with Crippen LogP contribution in [0.5, 0.6) is 0 Å². The maximum Gasteiger partial charge on any atom is 0.102 e. The van der Waals surface area contributed by atoms with Crippen LogP contribution in [0, 0.1) is 11.3 Å². The summed E-state index contributed by atoms with van der Waals surface area (Å²) in [4.78, 5) is 3.97. The molecular formula is C14H9ClN2. The zero-order valence-corrected chi connectivity index (χ0v) is 9.72. The summed E-state index contributed by atoms with van der Waals surface area (Å²) in [5, 5.41) is 9.27. The summed E-state index contributed by atoms with van der Waals surface area (Å²) in [6.07, 6.45) is 6.89. The number of nitriles is 1. The molecule has 0 spiro atoms. The number of hydrogen-bond acceptors (Lipinski definition) is 2. The van der Waals surface area contributed by atoms with Gasteiger partial charge < -0.3 is 0 Å². The van der Waals surface area contributed by atoms with Gasteiger partial charge in [0.1, 0.15) is 6.07 Å². The van der Waals surface area contributed by atoms with Crippen molar-refractivity contribution < 1.29 is 0 Å². The van der Waals surface area contributed by atoms with E-state index in [4.69, 9.17) is 16.9 Å². The highest BCUT2D eigenvalue weighted by molar-refractivity contribution is 6.33. The molecule has 0 unspecified atom stereocenters. The van der Waals surface area contributed by atoms with Crippen LogP contribution in [0.15, 0.2) is 42.7 Å². The molecule has 0 radical (unpaired) electrons. The van der Waals surface area contributed by atoms with E-state index in [0.717, 1.165) is 11.1 Å². The minimum absolute atomic E-state index is 0.391. The molecule has 0 amide bonds. The fraction of sp³-hybridized carbons (Fsp3) is 0. The average molecular weight is 241 g/mol. The number of hydrogen-bond donors (Lipinski definition) is 0. The van der Waals surface area contributed by atoms with Gasteiger partial charge in [-0.25, -0.2) is 0 Å². The van der Waals surface area contributed by atoms with Crippen molar-refractivity contribution in [3.05, 3.63) is 64.4 Å². The van der Waals surface area contributed by atoms with Crippen LogP contribution >= 0.6 is 11.6 Å². The van der Waals surface area contributed by atoms with Gasteiger partial charge in [0, 0.05) is 18.0 Å². The monoisotopic (exact) mass is 240 g/mol. The summed E-state index contributed by atoms with van der Waals surface area (Å²) in [5.74, 6) is 0. The van der Waals surface area contributed by atoms with Crippen LogP contribution in [-0.4, -0.2) is 4.98 Å². The summed E-state index contributed by atoms with van der Waals surface area (Å²) in [6, 6.07) is 11.9. The molecule has 2 nitrogen and oxygen atoms in total. The molecule has 0 aliphatic rings. The lowest BCUT2D eigenvalue weighted by atomic mass is 10.1. The summed E-state index contributed by atoms with van der Waals surface area (Å²) in [5.41, 5.74) is 2.21. The predicted octanol–water partition coefficient (Wildman–Crippen LogP) is 3.78. The van der Waals surface area contributed by atoms with Gasteiger partial charge in [0.25, 0.3) is 0 Å². The molecule has 3 heteroatoms. The van der Waals surface area contributed by atoms with Crippen LogP contribution in [-0.2, 0) is 0 Å². The predicted molar refractivity (Wildman–Crippen MR) is 69.3 cm³/mol. The Bertz CT molecular complexity index is 583. The maximum atomic E-state index is 8.83. The van der Waals surface area contributed by atoms with E-state index in [1.54, 1.807) is 6.20 Å². The Kier molecular flexibility index (Phi) is 3.54. The summed E-state index contributed by atoms with van der Waals surface area (Å²) >= 11 is 6.06. The molecular weight excluding hydrogens is 232 g/mol. The Balaban J connectivity index is 2.32. The highest BCUT2D eigenvalue weighted by atomic mass is 35.5. The molecule has 17 heavy (non-hydrogen) atoms. The maximum absolute atomic E-state index is 8.83. The van der Waals surface area contributed by atoms with E-state index in [9.17, 15) is 0 Å². The topological polar surface area (TPSA) is 36.7 Å². The normalized spacial score (nSPS) is 10.4. The molecule has 0 atom stereocenters. The highest BCUT2D eigenvalue weighted by Gasteiger charge is 2.03. The molecule has 2 rings (SSSR count). The Morgan fingerprint density at radius 3 is 2.59 bits per heavy atom. The molecule has 2 aromatic rings. The van der Waals surface area contributed by atoms with E-state index in [0.29, 0.717) is 10.6 Å². The third-order valence-corrected chi connectivity index (χ3v) is 2.70. The van der Waals surface area contributed by atoms with Gasteiger partial charge in [-0.1, -0.05) is 54.1 Å². The zero-order chi connectivity index (χ0) is 12.1. The van der Waals surface area contributed by atoms with Crippen molar-refractivity contribution in [1.29, 1.82) is 5.26 Å². The van der Waals surface area contributed by atoms with Gasteiger partial charge in [0.2, 0.25) is 0 Å². The van der Waals surface area contributed by atoms with E-state index >= 15 is 0 Å². The van der Waals surface area contributed by atoms with Crippen molar-refractivity contribution in [3.8, 4) is 6.07 Å². The minimum atomic E-state index is 0.391. The van der Waals surface area contributed by atoms with Crippen LogP contribution in [0.2, 0.25) is 5.02 Å². The Morgan fingerprint density at radius 2 is 1.88 bits per heavy atom. The van der Waals surface area contributed by atoms with Crippen molar-refractivity contribution in [1.82, 2.24) is 4.98 Å². The zero-order valence-electron chi connectivity index (χ0n) is 8.97. The molecule has 0 N–H and O–H groups in total. The second-order valence-electron chi connectivity index (χ2n) is 3.45. The quantitative estimate of drug-likeness (QED) is 0.801. The van der Waals surface area contributed by atoms with Gasteiger partial charge in [0.15, 0.2) is 0 Å². The molecule has 1 heterocycles. The lowest BCUT2D eigenvalue weighted by Gasteiger charge is -1.99. The van der Waals surface area contributed by atoms with Crippen molar-refractivity contribution in [3.63, 3.8) is 0 Å². The first kappa shape index (κ1) is 11.4. The van der Waals surface area contributed by atoms with Crippen molar-refractivity contribution >= 4 is 23.8 Å². The molecule has 0 aliphatic heterocycles. The third-order valence-electron chi connectivity index (χ3n) is 2.28. The molecule has 0 aliphatic carbocycles. The third kappa shape index (κ3) is 2.72. The Morgan fingerprint density at radius 1 is 1.12 bits per heavy atom. The minimum Gasteiger partial charge on any atom is -0.263 e. The van der Waals surface area contributed by atoms with Crippen molar-refractivity contribution in [2.75, 3.05) is 0 Å². The standard InChI is InChI=1S/C14H9ClN2/c15-14-12(9-17-10-13(14)8-16)7-6-11-4-2-1-3-5-11/h1-7,9-10H. The van der Waals surface area contributed by atoms with Crippen LogP contribution in [0.25, 0.3) is 12.2 Å². The summed E-state index contributed by atoms with van der Waals surface area (Å²) < 4.78 is 0. The van der Waals surface area contributed by atoms with Crippen molar-refractivity contribution in [2.45, 2.75) is 0 Å².